The quantitative estimate of drug-likeness (QED) is 0.758. The molecule has 0 amide bonds. The first-order chi connectivity index (χ1) is 12.2. The van der Waals surface area contributed by atoms with Gasteiger partial charge < -0.3 is 5.32 Å². The van der Waals surface area contributed by atoms with Crippen LogP contribution in [0, 0.1) is 6.92 Å². The van der Waals surface area contributed by atoms with E-state index >= 15 is 0 Å². The number of rotatable bonds is 5. The highest BCUT2D eigenvalue weighted by Gasteiger charge is 2.28. The third-order valence-electron chi connectivity index (χ3n) is 4.63. The maximum Gasteiger partial charge on any atom is 0.188 e. The molecule has 0 unspecified atom stereocenters. The normalized spacial score (nSPS) is 17.9. The highest BCUT2D eigenvalue weighted by atomic mass is 32.1. The zero-order valence-electron chi connectivity index (χ0n) is 14.5. The Morgan fingerprint density at radius 1 is 1.36 bits per heavy atom. The van der Waals surface area contributed by atoms with Crippen molar-refractivity contribution >= 4 is 22.3 Å². The lowest BCUT2D eigenvalue weighted by atomic mass is 10.1. The van der Waals surface area contributed by atoms with Gasteiger partial charge in [-0.15, -0.1) is 11.3 Å². The number of anilines is 2. The SMILES string of the molecule is Cc1nn(C)cc1CN1CCC[C@@H]1c1cccc(Nc2nccs2)n1. The van der Waals surface area contributed by atoms with E-state index in [4.69, 9.17) is 4.98 Å². The Bertz CT molecular complexity index is 841. The summed E-state index contributed by atoms with van der Waals surface area (Å²) in [6.45, 7) is 4.11. The van der Waals surface area contributed by atoms with Crippen LogP contribution in [-0.4, -0.2) is 31.2 Å². The summed E-state index contributed by atoms with van der Waals surface area (Å²) in [5.41, 5.74) is 3.53. The number of likely N-dealkylation sites (tertiary alicyclic amines) is 1. The molecule has 4 rings (SSSR count). The van der Waals surface area contributed by atoms with Crippen molar-refractivity contribution in [1.82, 2.24) is 24.6 Å². The molecule has 3 aromatic heterocycles. The fourth-order valence-electron chi connectivity index (χ4n) is 3.47. The molecule has 130 valence electrons. The molecule has 0 aromatic carbocycles. The summed E-state index contributed by atoms with van der Waals surface area (Å²) in [6.07, 6.45) is 6.27. The van der Waals surface area contributed by atoms with Crippen LogP contribution < -0.4 is 5.32 Å². The van der Waals surface area contributed by atoms with Crippen molar-refractivity contribution in [3.8, 4) is 0 Å². The Kier molecular flexibility index (Phi) is 4.50. The smallest absolute Gasteiger partial charge is 0.188 e. The minimum Gasteiger partial charge on any atom is -0.316 e. The van der Waals surface area contributed by atoms with Gasteiger partial charge in [0.15, 0.2) is 5.13 Å². The second kappa shape index (κ2) is 6.93. The van der Waals surface area contributed by atoms with E-state index in [0.717, 1.165) is 41.8 Å². The predicted molar refractivity (Wildman–Crippen MR) is 100.0 cm³/mol. The lowest BCUT2D eigenvalue weighted by Gasteiger charge is -2.24. The molecule has 0 spiro atoms. The number of pyridine rings is 1. The van der Waals surface area contributed by atoms with Crippen molar-refractivity contribution in [3.63, 3.8) is 0 Å². The lowest BCUT2D eigenvalue weighted by Crippen LogP contribution is -2.23. The Labute approximate surface area is 151 Å². The van der Waals surface area contributed by atoms with Gasteiger partial charge in [-0.05, 0) is 38.4 Å². The molecule has 1 aliphatic heterocycles. The minimum atomic E-state index is 0.359. The van der Waals surface area contributed by atoms with Crippen LogP contribution in [0.4, 0.5) is 10.9 Å². The molecule has 0 aliphatic carbocycles. The van der Waals surface area contributed by atoms with Gasteiger partial charge in [0.25, 0.3) is 0 Å². The predicted octanol–water partition coefficient (Wildman–Crippen LogP) is 3.66. The first-order valence-electron chi connectivity index (χ1n) is 8.56. The minimum absolute atomic E-state index is 0.359. The number of nitrogens with one attached hydrogen (secondary N) is 1. The number of nitrogens with zero attached hydrogens (tertiary/aromatic N) is 5. The van der Waals surface area contributed by atoms with Crippen LogP contribution in [-0.2, 0) is 13.6 Å². The summed E-state index contributed by atoms with van der Waals surface area (Å²) < 4.78 is 1.90. The molecule has 0 saturated carbocycles. The van der Waals surface area contributed by atoms with E-state index in [1.165, 1.54) is 12.0 Å². The molecular formula is C18H22N6S. The number of aryl methyl sites for hydroxylation is 2. The Balaban J connectivity index is 1.52. The van der Waals surface area contributed by atoms with Crippen molar-refractivity contribution in [2.75, 3.05) is 11.9 Å². The van der Waals surface area contributed by atoms with Crippen molar-refractivity contribution in [2.45, 2.75) is 32.4 Å². The molecule has 0 radical (unpaired) electrons. The van der Waals surface area contributed by atoms with Crippen molar-refractivity contribution < 1.29 is 0 Å². The topological polar surface area (TPSA) is 58.9 Å². The first kappa shape index (κ1) is 16.2. The third kappa shape index (κ3) is 3.57. The average Bonchev–Trinajstić information content (AvgIpc) is 3.31. The van der Waals surface area contributed by atoms with Crippen LogP contribution in [0.3, 0.4) is 0 Å². The average molecular weight is 354 g/mol. The molecule has 1 N–H and O–H groups in total. The van der Waals surface area contributed by atoms with Crippen molar-refractivity contribution in [1.29, 1.82) is 0 Å². The van der Waals surface area contributed by atoms with Gasteiger partial charge in [0.2, 0.25) is 0 Å². The molecular weight excluding hydrogens is 332 g/mol. The fourth-order valence-corrected chi connectivity index (χ4v) is 4.01. The second-order valence-electron chi connectivity index (χ2n) is 6.45. The molecule has 1 aliphatic rings. The van der Waals surface area contributed by atoms with Gasteiger partial charge in [0, 0.05) is 36.9 Å². The van der Waals surface area contributed by atoms with E-state index in [1.807, 2.05) is 23.2 Å². The van der Waals surface area contributed by atoms with E-state index in [9.17, 15) is 0 Å². The summed E-state index contributed by atoms with van der Waals surface area (Å²) in [5.74, 6) is 0.858. The van der Waals surface area contributed by atoms with Crippen molar-refractivity contribution in [3.05, 3.63) is 52.9 Å². The van der Waals surface area contributed by atoms with E-state index in [2.05, 4.69) is 45.6 Å². The number of hydrogen-bond donors (Lipinski definition) is 1. The van der Waals surface area contributed by atoms with Crippen LogP contribution in [0.25, 0.3) is 0 Å². The Morgan fingerprint density at radius 2 is 2.28 bits per heavy atom. The van der Waals surface area contributed by atoms with Crippen LogP contribution >= 0.6 is 11.3 Å². The van der Waals surface area contributed by atoms with Crippen LogP contribution in [0.2, 0.25) is 0 Å². The fraction of sp³-hybridized carbons (Fsp3) is 0.389. The molecule has 3 aromatic rings. The van der Waals surface area contributed by atoms with E-state index in [1.54, 1.807) is 17.5 Å². The summed E-state index contributed by atoms with van der Waals surface area (Å²) >= 11 is 1.58. The van der Waals surface area contributed by atoms with Gasteiger partial charge in [0.05, 0.1) is 17.4 Å². The van der Waals surface area contributed by atoms with Crippen LogP contribution in [0.15, 0.2) is 36.0 Å². The van der Waals surface area contributed by atoms with Gasteiger partial charge >= 0.3 is 0 Å². The lowest BCUT2D eigenvalue weighted by molar-refractivity contribution is 0.244. The maximum absolute atomic E-state index is 4.84. The molecule has 1 fully saturated rings. The van der Waals surface area contributed by atoms with Crippen LogP contribution in [0.5, 0.6) is 0 Å². The molecule has 7 heteroatoms. The Hall–Kier alpha value is -2.25. The van der Waals surface area contributed by atoms with Gasteiger partial charge in [-0.25, -0.2) is 9.97 Å². The molecule has 6 nitrogen and oxygen atoms in total. The standard InChI is InChI=1S/C18H22N6S/c1-13-14(11-23(2)22-13)12-24-9-4-6-16(24)15-5-3-7-17(20-15)21-18-19-8-10-25-18/h3,5,7-8,10-11,16H,4,6,9,12H2,1-2H3,(H,19,20,21)/t16-/m1/s1. The van der Waals surface area contributed by atoms with Gasteiger partial charge in [-0.2, -0.15) is 5.10 Å². The highest BCUT2D eigenvalue weighted by Crippen LogP contribution is 2.33. The third-order valence-corrected chi connectivity index (χ3v) is 5.32. The molecule has 1 saturated heterocycles. The highest BCUT2D eigenvalue weighted by molar-refractivity contribution is 7.13. The first-order valence-corrected chi connectivity index (χ1v) is 9.43. The van der Waals surface area contributed by atoms with Crippen molar-refractivity contribution in [2.24, 2.45) is 7.05 Å². The van der Waals surface area contributed by atoms with E-state index in [-0.39, 0.29) is 0 Å². The summed E-state index contributed by atoms with van der Waals surface area (Å²) in [6, 6.07) is 6.56. The summed E-state index contributed by atoms with van der Waals surface area (Å²) in [7, 11) is 1.98. The molecule has 0 bridgehead atoms. The van der Waals surface area contributed by atoms with Gasteiger partial charge in [0.1, 0.15) is 5.82 Å². The molecule has 4 heterocycles. The molecule has 25 heavy (non-hydrogen) atoms. The number of aromatic nitrogens is 4. The number of thiazole rings is 1. The zero-order valence-corrected chi connectivity index (χ0v) is 15.3. The maximum atomic E-state index is 4.84. The summed E-state index contributed by atoms with van der Waals surface area (Å²) in [5, 5.41) is 10.6. The van der Waals surface area contributed by atoms with Gasteiger partial charge in [-0.3, -0.25) is 9.58 Å². The van der Waals surface area contributed by atoms with Crippen LogP contribution in [0.1, 0.15) is 35.8 Å². The molecule has 1 atom stereocenters. The van der Waals surface area contributed by atoms with Gasteiger partial charge in [-0.1, -0.05) is 6.07 Å². The largest absolute Gasteiger partial charge is 0.316 e. The monoisotopic (exact) mass is 354 g/mol. The zero-order chi connectivity index (χ0) is 17.2. The Morgan fingerprint density at radius 3 is 3.04 bits per heavy atom. The van der Waals surface area contributed by atoms with E-state index in [0.29, 0.717) is 6.04 Å². The number of hydrogen-bond acceptors (Lipinski definition) is 6. The second-order valence-corrected chi connectivity index (χ2v) is 7.35. The van der Waals surface area contributed by atoms with E-state index < -0.39 is 0 Å². The summed E-state index contributed by atoms with van der Waals surface area (Å²) in [4.78, 5) is 11.6.